The van der Waals surface area contributed by atoms with E-state index < -0.39 is 0 Å². The standard InChI is InChI=1S/C14H19ClN4O3/c1-2-22-14(21)19-7-5-10(6-8-19)17-13(20)18-11-3-4-12(15)16-9-11/h3-4,9-10H,2,5-8H2,1H3,(H2,17,18,20). The summed E-state index contributed by atoms with van der Waals surface area (Å²) in [4.78, 5) is 29.0. The summed E-state index contributed by atoms with van der Waals surface area (Å²) in [5.74, 6) is 0. The van der Waals surface area contributed by atoms with E-state index in [0.29, 0.717) is 43.4 Å². The molecular formula is C14H19ClN4O3. The number of anilines is 1. The summed E-state index contributed by atoms with van der Waals surface area (Å²) < 4.78 is 4.96. The number of rotatable bonds is 3. The minimum absolute atomic E-state index is 0.0333. The van der Waals surface area contributed by atoms with Gasteiger partial charge < -0.3 is 20.3 Å². The monoisotopic (exact) mass is 326 g/mol. The van der Waals surface area contributed by atoms with Crippen molar-refractivity contribution in [1.82, 2.24) is 15.2 Å². The molecule has 1 fully saturated rings. The molecule has 1 aliphatic rings. The molecule has 1 saturated heterocycles. The molecule has 7 nitrogen and oxygen atoms in total. The van der Waals surface area contributed by atoms with Gasteiger partial charge in [0.1, 0.15) is 5.15 Å². The molecule has 8 heteroatoms. The third-order valence-corrected chi connectivity index (χ3v) is 3.57. The lowest BCUT2D eigenvalue weighted by molar-refractivity contribution is 0.0959. The summed E-state index contributed by atoms with van der Waals surface area (Å²) in [6.45, 7) is 3.30. The van der Waals surface area contributed by atoms with Crippen LogP contribution in [-0.4, -0.2) is 47.7 Å². The number of amides is 3. The van der Waals surface area contributed by atoms with E-state index >= 15 is 0 Å². The normalized spacial score (nSPS) is 15.3. The zero-order chi connectivity index (χ0) is 15.9. The van der Waals surface area contributed by atoms with Gasteiger partial charge in [0.15, 0.2) is 0 Å². The zero-order valence-corrected chi connectivity index (χ0v) is 13.1. The number of urea groups is 1. The molecule has 2 heterocycles. The minimum Gasteiger partial charge on any atom is -0.450 e. The third kappa shape index (κ3) is 4.77. The average Bonchev–Trinajstić information content (AvgIpc) is 2.50. The van der Waals surface area contributed by atoms with Crippen LogP contribution in [0, 0.1) is 0 Å². The quantitative estimate of drug-likeness (QED) is 0.836. The van der Waals surface area contributed by atoms with Gasteiger partial charge in [-0.1, -0.05) is 11.6 Å². The highest BCUT2D eigenvalue weighted by Gasteiger charge is 2.24. The Balaban J connectivity index is 1.74. The van der Waals surface area contributed by atoms with Crippen LogP contribution in [0.3, 0.4) is 0 Å². The van der Waals surface area contributed by atoms with Gasteiger partial charge in [0.25, 0.3) is 0 Å². The molecule has 0 aliphatic carbocycles. The SMILES string of the molecule is CCOC(=O)N1CCC(NC(=O)Nc2ccc(Cl)nc2)CC1. The van der Waals surface area contributed by atoms with Gasteiger partial charge >= 0.3 is 12.1 Å². The van der Waals surface area contributed by atoms with Crippen molar-refractivity contribution < 1.29 is 14.3 Å². The second-order valence-electron chi connectivity index (χ2n) is 4.93. The van der Waals surface area contributed by atoms with Crippen LogP contribution >= 0.6 is 11.6 Å². The maximum absolute atomic E-state index is 11.9. The Morgan fingerprint density at radius 2 is 2.14 bits per heavy atom. The highest BCUT2D eigenvalue weighted by atomic mass is 35.5. The van der Waals surface area contributed by atoms with Gasteiger partial charge in [0.05, 0.1) is 18.5 Å². The lowest BCUT2D eigenvalue weighted by Gasteiger charge is -2.31. The third-order valence-electron chi connectivity index (χ3n) is 3.34. The Bertz CT molecular complexity index is 515. The number of halogens is 1. The maximum atomic E-state index is 11.9. The Labute approximate surface area is 134 Å². The van der Waals surface area contributed by atoms with E-state index in [2.05, 4.69) is 15.6 Å². The van der Waals surface area contributed by atoms with Gasteiger partial charge in [-0.3, -0.25) is 0 Å². The lowest BCUT2D eigenvalue weighted by atomic mass is 10.1. The number of ether oxygens (including phenoxy) is 1. The molecule has 0 atom stereocenters. The van der Waals surface area contributed by atoms with Crippen molar-refractivity contribution in [1.29, 1.82) is 0 Å². The van der Waals surface area contributed by atoms with Crippen molar-refractivity contribution in [3.8, 4) is 0 Å². The van der Waals surface area contributed by atoms with E-state index in [-0.39, 0.29) is 18.2 Å². The first-order chi connectivity index (χ1) is 10.6. The number of carbonyl (C=O) groups is 2. The van der Waals surface area contributed by atoms with Gasteiger partial charge in [-0.15, -0.1) is 0 Å². The summed E-state index contributed by atoms with van der Waals surface area (Å²) in [5.41, 5.74) is 0.575. The minimum atomic E-state index is -0.294. The molecule has 22 heavy (non-hydrogen) atoms. The number of pyridine rings is 1. The highest BCUT2D eigenvalue weighted by Crippen LogP contribution is 2.13. The molecule has 0 aromatic carbocycles. The Morgan fingerprint density at radius 1 is 1.41 bits per heavy atom. The first-order valence-electron chi connectivity index (χ1n) is 7.19. The van der Waals surface area contributed by atoms with Crippen LogP contribution in [0.1, 0.15) is 19.8 Å². The second kappa shape index (κ2) is 7.84. The topological polar surface area (TPSA) is 83.6 Å². The van der Waals surface area contributed by atoms with Crippen molar-refractivity contribution in [2.75, 3.05) is 25.0 Å². The highest BCUT2D eigenvalue weighted by molar-refractivity contribution is 6.29. The molecule has 3 amide bonds. The molecule has 0 radical (unpaired) electrons. The van der Waals surface area contributed by atoms with Crippen LogP contribution in [0.2, 0.25) is 5.15 Å². The Morgan fingerprint density at radius 3 is 2.73 bits per heavy atom. The number of carbonyl (C=O) groups excluding carboxylic acids is 2. The largest absolute Gasteiger partial charge is 0.450 e. The lowest BCUT2D eigenvalue weighted by Crippen LogP contribution is -2.47. The number of nitrogens with zero attached hydrogens (tertiary/aromatic N) is 2. The first kappa shape index (κ1) is 16.4. The van der Waals surface area contributed by atoms with Crippen LogP contribution in [0.15, 0.2) is 18.3 Å². The van der Waals surface area contributed by atoms with Crippen molar-refractivity contribution in [2.24, 2.45) is 0 Å². The predicted octanol–water partition coefficient (Wildman–Crippen LogP) is 2.48. The van der Waals surface area contributed by atoms with Gasteiger partial charge in [-0.2, -0.15) is 0 Å². The van der Waals surface area contributed by atoms with Crippen molar-refractivity contribution >= 4 is 29.4 Å². The second-order valence-corrected chi connectivity index (χ2v) is 5.32. The molecule has 1 aromatic rings. The van der Waals surface area contributed by atoms with Gasteiger partial charge in [0, 0.05) is 19.1 Å². The Hall–Kier alpha value is -2.02. The van der Waals surface area contributed by atoms with E-state index in [1.807, 2.05) is 0 Å². The van der Waals surface area contributed by atoms with Crippen LogP contribution < -0.4 is 10.6 Å². The fraction of sp³-hybridized carbons (Fsp3) is 0.500. The van der Waals surface area contributed by atoms with Gasteiger partial charge in [-0.25, -0.2) is 14.6 Å². The van der Waals surface area contributed by atoms with Crippen LogP contribution in [0.4, 0.5) is 15.3 Å². The molecule has 2 N–H and O–H groups in total. The summed E-state index contributed by atoms with van der Waals surface area (Å²) >= 11 is 5.68. The molecule has 0 unspecified atom stereocenters. The molecule has 1 aromatic heterocycles. The number of likely N-dealkylation sites (tertiary alicyclic amines) is 1. The van der Waals surface area contributed by atoms with E-state index in [1.54, 1.807) is 24.0 Å². The summed E-state index contributed by atoms with van der Waals surface area (Å²) in [6, 6.07) is 3.03. The van der Waals surface area contributed by atoms with Crippen molar-refractivity contribution in [3.63, 3.8) is 0 Å². The molecule has 2 rings (SSSR count). The fourth-order valence-corrected chi connectivity index (χ4v) is 2.34. The van der Waals surface area contributed by atoms with Crippen LogP contribution in [0.25, 0.3) is 0 Å². The number of hydrogen-bond acceptors (Lipinski definition) is 4. The van der Waals surface area contributed by atoms with E-state index in [9.17, 15) is 9.59 Å². The Kier molecular flexibility index (Phi) is 5.83. The number of aromatic nitrogens is 1. The smallest absolute Gasteiger partial charge is 0.409 e. The first-order valence-corrected chi connectivity index (χ1v) is 7.57. The molecular weight excluding hydrogens is 308 g/mol. The van der Waals surface area contributed by atoms with Crippen molar-refractivity contribution in [2.45, 2.75) is 25.8 Å². The molecule has 1 aliphatic heterocycles. The van der Waals surface area contributed by atoms with Gasteiger partial charge in [-0.05, 0) is 31.9 Å². The molecule has 0 bridgehead atoms. The number of piperidine rings is 1. The van der Waals surface area contributed by atoms with E-state index in [1.165, 1.54) is 6.20 Å². The van der Waals surface area contributed by atoms with Crippen LogP contribution in [0.5, 0.6) is 0 Å². The molecule has 0 spiro atoms. The summed E-state index contributed by atoms with van der Waals surface area (Å²) in [5, 5.41) is 5.95. The van der Waals surface area contributed by atoms with Gasteiger partial charge in [0.2, 0.25) is 0 Å². The predicted molar refractivity (Wildman–Crippen MR) is 83.0 cm³/mol. The fourth-order valence-electron chi connectivity index (χ4n) is 2.22. The van der Waals surface area contributed by atoms with Crippen molar-refractivity contribution in [3.05, 3.63) is 23.5 Å². The number of nitrogens with one attached hydrogen (secondary N) is 2. The van der Waals surface area contributed by atoms with E-state index in [4.69, 9.17) is 16.3 Å². The van der Waals surface area contributed by atoms with Crippen LogP contribution in [-0.2, 0) is 4.74 Å². The summed E-state index contributed by atoms with van der Waals surface area (Å²) in [6.07, 6.45) is 2.60. The summed E-state index contributed by atoms with van der Waals surface area (Å²) in [7, 11) is 0. The average molecular weight is 327 g/mol. The molecule has 120 valence electrons. The maximum Gasteiger partial charge on any atom is 0.409 e. The molecule has 0 saturated carbocycles. The van der Waals surface area contributed by atoms with E-state index in [0.717, 1.165) is 0 Å². The zero-order valence-electron chi connectivity index (χ0n) is 12.3. The number of hydrogen-bond donors (Lipinski definition) is 2.